The van der Waals surface area contributed by atoms with Gasteiger partial charge in [-0.15, -0.1) is 0 Å². The molecule has 2 rings (SSSR count). The Morgan fingerprint density at radius 3 is 2.39 bits per heavy atom. The summed E-state index contributed by atoms with van der Waals surface area (Å²) in [5.74, 6) is -1.26. The molecule has 18 heavy (non-hydrogen) atoms. The van der Waals surface area contributed by atoms with Crippen molar-refractivity contribution in [2.24, 2.45) is 0 Å². The number of benzene rings is 2. The minimum absolute atomic E-state index is 0.0358. The van der Waals surface area contributed by atoms with Gasteiger partial charge in [0.15, 0.2) is 5.78 Å². The summed E-state index contributed by atoms with van der Waals surface area (Å²) in [5, 5.41) is 0. The van der Waals surface area contributed by atoms with Crippen molar-refractivity contribution in [3.05, 3.63) is 69.7 Å². The number of hydrogen-bond acceptors (Lipinski definition) is 1. The minimum atomic E-state index is -0.565. The maximum absolute atomic E-state index is 13.7. The van der Waals surface area contributed by atoms with Crippen molar-refractivity contribution in [2.75, 3.05) is 0 Å². The van der Waals surface area contributed by atoms with E-state index in [2.05, 4.69) is 15.9 Å². The molecule has 2 aromatic rings. The van der Waals surface area contributed by atoms with Gasteiger partial charge in [0.1, 0.15) is 11.6 Å². The van der Waals surface area contributed by atoms with Crippen molar-refractivity contribution >= 4 is 21.7 Å². The first-order valence-corrected chi connectivity index (χ1v) is 6.09. The van der Waals surface area contributed by atoms with E-state index in [0.29, 0.717) is 5.56 Å². The van der Waals surface area contributed by atoms with Crippen molar-refractivity contribution < 1.29 is 13.6 Å². The Bertz CT molecular complexity index is 579. The minimum Gasteiger partial charge on any atom is -0.294 e. The number of carbonyl (C=O) groups excluding carboxylic acids is 1. The molecule has 0 radical (unpaired) electrons. The molecule has 2 aromatic carbocycles. The summed E-state index contributed by atoms with van der Waals surface area (Å²) in [5.41, 5.74) is 0.689. The molecule has 0 aliphatic rings. The van der Waals surface area contributed by atoms with Crippen LogP contribution in [0, 0.1) is 11.6 Å². The van der Waals surface area contributed by atoms with Gasteiger partial charge in [-0.1, -0.05) is 18.2 Å². The second-order valence-corrected chi connectivity index (χ2v) is 4.68. The van der Waals surface area contributed by atoms with Gasteiger partial charge in [-0.2, -0.15) is 0 Å². The van der Waals surface area contributed by atoms with E-state index < -0.39 is 5.82 Å². The van der Waals surface area contributed by atoms with Gasteiger partial charge >= 0.3 is 0 Å². The number of Topliss-reactive ketones (excluding diaryl/α,β-unsaturated/α-hetero) is 1. The second-order valence-electron chi connectivity index (χ2n) is 3.83. The average molecular weight is 311 g/mol. The molecule has 0 N–H and O–H groups in total. The zero-order chi connectivity index (χ0) is 13.1. The van der Waals surface area contributed by atoms with E-state index >= 15 is 0 Å². The molecule has 4 heteroatoms. The number of ketones is 1. The van der Waals surface area contributed by atoms with Crippen LogP contribution in [0.1, 0.15) is 15.9 Å². The molecule has 0 aromatic heterocycles. The third-order valence-corrected chi connectivity index (χ3v) is 3.14. The van der Waals surface area contributed by atoms with E-state index in [1.807, 2.05) is 0 Å². The Morgan fingerprint density at radius 1 is 1.06 bits per heavy atom. The first kappa shape index (κ1) is 12.9. The van der Waals surface area contributed by atoms with Gasteiger partial charge in [-0.3, -0.25) is 4.79 Å². The largest absolute Gasteiger partial charge is 0.294 e. The normalized spacial score (nSPS) is 10.4. The number of halogens is 3. The number of rotatable bonds is 3. The predicted molar refractivity (Wildman–Crippen MR) is 68.5 cm³/mol. The van der Waals surface area contributed by atoms with Crippen LogP contribution < -0.4 is 0 Å². The fourth-order valence-corrected chi connectivity index (χ4v) is 1.97. The van der Waals surface area contributed by atoms with E-state index in [9.17, 15) is 13.6 Å². The van der Waals surface area contributed by atoms with Crippen LogP contribution in [0.2, 0.25) is 0 Å². The summed E-state index contributed by atoms with van der Waals surface area (Å²) in [6.45, 7) is 0. The van der Waals surface area contributed by atoms with E-state index in [1.54, 1.807) is 6.07 Å². The smallest absolute Gasteiger partial charge is 0.170 e. The van der Waals surface area contributed by atoms with Crippen LogP contribution in [0.3, 0.4) is 0 Å². The SMILES string of the molecule is O=C(Cc1ccc(F)cc1)c1cccc(Br)c1F. The van der Waals surface area contributed by atoms with Gasteiger partial charge < -0.3 is 0 Å². The van der Waals surface area contributed by atoms with Crippen LogP contribution in [-0.2, 0) is 6.42 Å². The monoisotopic (exact) mass is 310 g/mol. The van der Waals surface area contributed by atoms with Crippen molar-refractivity contribution in [2.45, 2.75) is 6.42 Å². The molecule has 0 aliphatic carbocycles. The highest BCUT2D eigenvalue weighted by Crippen LogP contribution is 2.20. The van der Waals surface area contributed by atoms with Crippen LogP contribution in [-0.4, -0.2) is 5.78 Å². The molecule has 0 saturated carbocycles. The molecular formula is C14H9BrF2O. The second kappa shape index (κ2) is 5.40. The quantitative estimate of drug-likeness (QED) is 0.778. The van der Waals surface area contributed by atoms with E-state index in [-0.39, 0.29) is 28.1 Å². The molecule has 0 fully saturated rings. The maximum atomic E-state index is 13.7. The molecule has 0 unspecified atom stereocenters. The standard InChI is InChI=1S/C14H9BrF2O/c15-12-3-1-2-11(14(12)17)13(18)8-9-4-6-10(16)7-5-9/h1-7H,8H2. The van der Waals surface area contributed by atoms with Crippen molar-refractivity contribution in [3.63, 3.8) is 0 Å². The number of carbonyl (C=O) groups is 1. The van der Waals surface area contributed by atoms with Gasteiger partial charge in [0.2, 0.25) is 0 Å². The Hall–Kier alpha value is -1.55. The highest BCUT2D eigenvalue weighted by molar-refractivity contribution is 9.10. The molecule has 0 saturated heterocycles. The third kappa shape index (κ3) is 2.82. The van der Waals surface area contributed by atoms with Crippen LogP contribution in [0.5, 0.6) is 0 Å². The van der Waals surface area contributed by atoms with Crippen LogP contribution in [0.4, 0.5) is 8.78 Å². The summed E-state index contributed by atoms with van der Waals surface area (Å²) in [4.78, 5) is 11.9. The molecule has 0 heterocycles. The Labute approximate surface area is 112 Å². The molecule has 0 spiro atoms. The van der Waals surface area contributed by atoms with Crippen LogP contribution in [0.25, 0.3) is 0 Å². The van der Waals surface area contributed by atoms with E-state index in [4.69, 9.17) is 0 Å². The fraction of sp³-hybridized carbons (Fsp3) is 0.0714. The lowest BCUT2D eigenvalue weighted by atomic mass is 10.0. The molecular weight excluding hydrogens is 302 g/mol. The Balaban J connectivity index is 2.22. The van der Waals surface area contributed by atoms with Gasteiger partial charge in [0.25, 0.3) is 0 Å². The Morgan fingerprint density at radius 2 is 1.72 bits per heavy atom. The third-order valence-electron chi connectivity index (χ3n) is 2.53. The lowest BCUT2D eigenvalue weighted by Gasteiger charge is -2.04. The van der Waals surface area contributed by atoms with Crippen molar-refractivity contribution in [3.8, 4) is 0 Å². The maximum Gasteiger partial charge on any atom is 0.170 e. The molecule has 92 valence electrons. The highest BCUT2D eigenvalue weighted by atomic mass is 79.9. The first-order chi connectivity index (χ1) is 8.58. The summed E-state index contributed by atoms with van der Waals surface area (Å²) in [6, 6.07) is 10.2. The van der Waals surface area contributed by atoms with E-state index in [1.165, 1.54) is 36.4 Å². The highest BCUT2D eigenvalue weighted by Gasteiger charge is 2.14. The van der Waals surface area contributed by atoms with Gasteiger partial charge in [0.05, 0.1) is 10.0 Å². The first-order valence-electron chi connectivity index (χ1n) is 5.29. The molecule has 0 bridgehead atoms. The van der Waals surface area contributed by atoms with E-state index in [0.717, 1.165) is 0 Å². The summed E-state index contributed by atoms with van der Waals surface area (Å²) >= 11 is 3.03. The van der Waals surface area contributed by atoms with Gasteiger partial charge in [-0.25, -0.2) is 8.78 Å². The molecule has 1 nitrogen and oxygen atoms in total. The van der Waals surface area contributed by atoms with Crippen LogP contribution >= 0.6 is 15.9 Å². The zero-order valence-corrected chi connectivity index (χ0v) is 10.9. The van der Waals surface area contributed by atoms with Gasteiger partial charge in [-0.05, 0) is 45.8 Å². The summed E-state index contributed by atoms with van der Waals surface area (Å²) in [6.07, 6.45) is 0.0493. The molecule has 0 atom stereocenters. The fourth-order valence-electron chi connectivity index (χ4n) is 1.60. The Kier molecular flexibility index (Phi) is 3.87. The summed E-state index contributed by atoms with van der Waals surface area (Å²) < 4.78 is 26.7. The van der Waals surface area contributed by atoms with Gasteiger partial charge in [0, 0.05) is 6.42 Å². The lowest BCUT2D eigenvalue weighted by molar-refractivity contribution is 0.0989. The summed E-state index contributed by atoms with van der Waals surface area (Å²) in [7, 11) is 0. The zero-order valence-electron chi connectivity index (χ0n) is 9.29. The van der Waals surface area contributed by atoms with Crippen molar-refractivity contribution in [1.82, 2.24) is 0 Å². The van der Waals surface area contributed by atoms with Crippen LogP contribution in [0.15, 0.2) is 46.9 Å². The predicted octanol–water partition coefficient (Wildman–Crippen LogP) is 4.15. The molecule has 0 amide bonds. The average Bonchev–Trinajstić information content (AvgIpc) is 2.35. The lowest BCUT2D eigenvalue weighted by Crippen LogP contribution is -2.06. The van der Waals surface area contributed by atoms with Crippen molar-refractivity contribution in [1.29, 1.82) is 0 Å². The topological polar surface area (TPSA) is 17.1 Å². The number of hydrogen-bond donors (Lipinski definition) is 0. The molecule has 0 aliphatic heterocycles.